The summed E-state index contributed by atoms with van der Waals surface area (Å²) in [7, 11) is 0. The Hall–Kier alpha value is -1.63. The fourth-order valence-electron chi connectivity index (χ4n) is 3.02. The van der Waals surface area contributed by atoms with Crippen molar-refractivity contribution in [3.63, 3.8) is 0 Å². The van der Waals surface area contributed by atoms with E-state index in [4.69, 9.17) is 14.2 Å². The molecular weight excluding hydrogens is 344 g/mol. The molecule has 1 aliphatic heterocycles. The van der Waals surface area contributed by atoms with Crippen LogP contribution >= 0.6 is 0 Å². The molecule has 2 unspecified atom stereocenters. The average molecular weight is 379 g/mol. The van der Waals surface area contributed by atoms with Crippen molar-refractivity contribution in [1.29, 1.82) is 0 Å². The van der Waals surface area contributed by atoms with Crippen LogP contribution in [0, 0.1) is 0 Å². The molecule has 6 nitrogen and oxygen atoms in total. The number of hydrogen-bond donors (Lipinski definition) is 1. The molecule has 2 rings (SSSR count). The number of amides is 1. The fraction of sp³-hybridized carbons (Fsp3) is 0.667. The zero-order valence-corrected chi connectivity index (χ0v) is 16.9. The molecule has 152 valence electrons. The molecule has 0 aromatic heterocycles. The SMILES string of the molecule is CCN(CC)CCOc1ccccc1NC(=O)C(C)OCC1CCCCO1. The van der Waals surface area contributed by atoms with E-state index in [2.05, 4.69) is 24.1 Å². The van der Waals surface area contributed by atoms with Gasteiger partial charge in [-0.3, -0.25) is 4.79 Å². The molecule has 0 bridgehead atoms. The predicted molar refractivity (Wildman–Crippen MR) is 107 cm³/mol. The molecule has 27 heavy (non-hydrogen) atoms. The molecule has 1 amide bonds. The Kier molecular flexibility index (Phi) is 9.59. The molecule has 1 fully saturated rings. The Labute approximate surface area is 163 Å². The lowest BCUT2D eigenvalue weighted by molar-refractivity contribution is -0.130. The monoisotopic (exact) mass is 378 g/mol. The minimum Gasteiger partial charge on any atom is -0.490 e. The Morgan fingerprint density at radius 2 is 2.07 bits per heavy atom. The van der Waals surface area contributed by atoms with Crippen LogP contribution in [0.25, 0.3) is 0 Å². The van der Waals surface area contributed by atoms with Gasteiger partial charge in [-0.15, -0.1) is 0 Å². The number of ether oxygens (including phenoxy) is 3. The van der Waals surface area contributed by atoms with Crippen molar-refractivity contribution in [2.75, 3.05) is 44.8 Å². The summed E-state index contributed by atoms with van der Waals surface area (Å²) in [5.41, 5.74) is 0.673. The number of rotatable bonds is 11. The highest BCUT2D eigenvalue weighted by Crippen LogP contribution is 2.24. The van der Waals surface area contributed by atoms with E-state index < -0.39 is 6.10 Å². The molecule has 2 atom stereocenters. The highest BCUT2D eigenvalue weighted by molar-refractivity contribution is 5.95. The maximum absolute atomic E-state index is 12.5. The Bertz CT molecular complexity index is 557. The average Bonchev–Trinajstić information content (AvgIpc) is 2.71. The van der Waals surface area contributed by atoms with E-state index >= 15 is 0 Å². The van der Waals surface area contributed by atoms with E-state index in [9.17, 15) is 4.79 Å². The van der Waals surface area contributed by atoms with Gasteiger partial charge in [0.1, 0.15) is 18.5 Å². The number of likely N-dealkylation sites (N-methyl/N-ethyl adjacent to an activating group) is 1. The quantitative estimate of drug-likeness (QED) is 0.640. The van der Waals surface area contributed by atoms with E-state index in [0.29, 0.717) is 24.7 Å². The Morgan fingerprint density at radius 3 is 2.78 bits per heavy atom. The maximum Gasteiger partial charge on any atom is 0.253 e. The van der Waals surface area contributed by atoms with Crippen molar-refractivity contribution in [1.82, 2.24) is 4.90 Å². The number of para-hydroxylation sites is 2. The van der Waals surface area contributed by atoms with Gasteiger partial charge in [-0.2, -0.15) is 0 Å². The lowest BCUT2D eigenvalue weighted by atomic mass is 10.1. The van der Waals surface area contributed by atoms with E-state index in [1.54, 1.807) is 6.92 Å². The van der Waals surface area contributed by atoms with Crippen LogP contribution in [-0.2, 0) is 14.3 Å². The van der Waals surface area contributed by atoms with Gasteiger partial charge in [-0.05, 0) is 51.4 Å². The van der Waals surface area contributed by atoms with Crippen molar-refractivity contribution in [2.24, 2.45) is 0 Å². The van der Waals surface area contributed by atoms with Crippen LogP contribution in [0.15, 0.2) is 24.3 Å². The van der Waals surface area contributed by atoms with Gasteiger partial charge in [0.05, 0.1) is 18.4 Å². The van der Waals surface area contributed by atoms with Crippen molar-refractivity contribution < 1.29 is 19.0 Å². The normalized spacial score (nSPS) is 18.3. The first kappa shape index (κ1) is 21.7. The summed E-state index contributed by atoms with van der Waals surface area (Å²) in [6.07, 6.45) is 2.83. The van der Waals surface area contributed by atoms with Gasteiger partial charge in [-0.25, -0.2) is 0 Å². The highest BCUT2D eigenvalue weighted by atomic mass is 16.5. The molecule has 1 aromatic rings. The van der Waals surface area contributed by atoms with Crippen LogP contribution in [0.1, 0.15) is 40.0 Å². The third-order valence-electron chi connectivity index (χ3n) is 4.88. The van der Waals surface area contributed by atoms with Crippen LogP contribution < -0.4 is 10.1 Å². The zero-order chi connectivity index (χ0) is 19.5. The molecule has 0 aliphatic carbocycles. The fourth-order valence-corrected chi connectivity index (χ4v) is 3.02. The first-order chi connectivity index (χ1) is 13.1. The summed E-state index contributed by atoms with van der Waals surface area (Å²) < 4.78 is 17.2. The minimum absolute atomic E-state index is 0.102. The molecule has 1 aromatic carbocycles. The minimum atomic E-state index is -0.542. The van der Waals surface area contributed by atoms with Gasteiger partial charge in [-0.1, -0.05) is 26.0 Å². The van der Waals surface area contributed by atoms with E-state index in [1.165, 1.54) is 0 Å². The second-order valence-corrected chi connectivity index (χ2v) is 6.82. The van der Waals surface area contributed by atoms with Crippen molar-refractivity contribution >= 4 is 11.6 Å². The summed E-state index contributed by atoms with van der Waals surface area (Å²) in [5, 5.41) is 2.92. The van der Waals surface area contributed by atoms with Crippen molar-refractivity contribution in [3.8, 4) is 5.75 Å². The number of nitrogens with zero attached hydrogens (tertiary/aromatic N) is 1. The Balaban J connectivity index is 1.81. The van der Waals surface area contributed by atoms with Gasteiger partial charge in [0.15, 0.2) is 0 Å². The molecular formula is C21H34N2O4. The Morgan fingerprint density at radius 1 is 1.30 bits per heavy atom. The molecule has 1 saturated heterocycles. The van der Waals surface area contributed by atoms with Gasteiger partial charge in [0, 0.05) is 13.2 Å². The topological polar surface area (TPSA) is 60.0 Å². The van der Waals surface area contributed by atoms with Gasteiger partial charge in [0.25, 0.3) is 5.91 Å². The molecule has 0 radical (unpaired) electrons. The van der Waals surface area contributed by atoms with Crippen molar-refractivity contribution in [3.05, 3.63) is 24.3 Å². The third-order valence-corrected chi connectivity index (χ3v) is 4.88. The second kappa shape index (κ2) is 12.0. The lowest BCUT2D eigenvalue weighted by Gasteiger charge is -2.24. The molecule has 6 heteroatoms. The number of carbonyl (C=O) groups excluding carboxylic acids is 1. The van der Waals surface area contributed by atoms with Crippen LogP contribution in [0.4, 0.5) is 5.69 Å². The molecule has 1 heterocycles. The first-order valence-corrected chi connectivity index (χ1v) is 10.1. The van der Waals surface area contributed by atoms with Crippen molar-refractivity contribution in [2.45, 2.75) is 52.2 Å². The maximum atomic E-state index is 12.5. The predicted octanol–water partition coefficient (Wildman–Crippen LogP) is 3.32. The van der Waals surface area contributed by atoms with Crippen LogP contribution in [0.5, 0.6) is 5.75 Å². The van der Waals surface area contributed by atoms with Gasteiger partial charge >= 0.3 is 0 Å². The second-order valence-electron chi connectivity index (χ2n) is 6.82. The van der Waals surface area contributed by atoms with Crippen LogP contribution in [-0.4, -0.2) is 62.5 Å². The van der Waals surface area contributed by atoms with Gasteiger partial charge < -0.3 is 24.4 Å². The summed E-state index contributed by atoms with van der Waals surface area (Å²) >= 11 is 0. The lowest BCUT2D eigenvalue weighted by Crippen LogP contribution is -2.33. The number of nitrogens with one attached hydrogen (secondary N) is 1. The number of hydrogen-bond acceptors (Lipinski definition) is 5. The highest BCUT2D eigenvalue weighted by Gasteiger charge is 2.19. The summed E-state index contributed by atoms with van der Waals surface area (Å²) in [6, 6.07) is 7.51. The first-order valence-electron chi connectivity index (χ1n) is 10.1. The summed E-state index contributed by atoms with van der Waals surface area (Å²) in [4.78, 5) is 14.8. The molecule has 1 N–H and O–H groups in total. The van der Waals surface area contributed by atoms with E-state index in [-0.39, 0.29) is 12.0 Å². The van der Waals surface area contributed by atoms with Crippen LogP contribution in [0.3, 0.4) is 0 Å². The molecule has 0 saturated carbocycles. The zero-order valence-electron chi connectivity index (χ0n) is 16.9. The number of carbonyl (C=O) groups is 1. The largest absolute Gasteiger partial charge is 0.490 e. The standard InChI is InChI=1S/C21H34N2O4/c1-4-23(5-2)13-15-26-20-12-7-6-11-19(20)22-21(24)17(3)27-16-18-10-8-9-14-25-18/h6-7,11-12,17-18H,4-5,8-10,13-16H2,1-3H3,(H,22,24). The smallest absolute Gasteiger partial charge is 0.253 e. The number of anilines is 1. The summed E-state index contributed by atoms with van der Waals surface area (Å²) in [6.45, 7) is 10.7. The van der Waals surface area contributed by atoms with Crippen LogP contribution in [0.2, 0.25) is 0 Å². The summed E-state index contributed by atoms with van der Waals surface area (Å²) in [5.74, 6) is 0.506. The number of benzene rings is 1. The third kappa shape index (κ3) is 7.48. The molecule has 1 aliphatic rings. The van der Waals surface area contributed by atoms with Gasteiger partial charge in [0.2, 0.25) is 0 Å². The van der Waals surface area contributed by atoms with E-state index in [1.807, 2.05) is 24.3 Å². The van der Waals surface area contributed by atoms with E-state index in [0.717, 1.165) is 45.5 Å². The molecule has 0 spiro atoms.